The summed E-state index contributed by atoms with van der Waals surface area (Å²) in [7, 11) is 1.69. The molecule has 88 valence electrons. The van der Waals surface area contributed by atoms with Crippen molar-refractivity contribution in [2.75, 3.05) is 46.6 Å². The van der Waals surface area contributed by atoms with Crippen LogP contribution in [0.1, 0.15) is 12.8 Å². The first kappa shape index (κ1) is 11.3. The molecule has 1 aliphatic carbocycles. The molecule has 0 amide bonds. The maximum absolute atomic E-state index is 6.25. The number of methoxy groups -OCH3 is 1. The lowest BCUT2D eigenvalue weighted by molar-refractivity contribution is 0.0108. The van der Waals surface area contributed by atoms with E-state index in [1.807, 2.05) is 0 Å². The van der Waals surface area contributed by atoms with Gasteiger partial charge in [0.05, 0.1) is 19.8 Å². The molecule has 4 nitrogen and oxygen atoms in total. The zero-order chi connectivity index (χ0) is 10.7. The molecule has 2 aliphatic rings. The van der Waals surface area contributed by atoms with Crippen molar-refractivity contribution in [2.24, 2.45) is 11.7 Å². The molecule has 1 saturated carbocycles. The van der Waals surface area contributed by atoms with Gasteiger partial charge in [0.2, 0.25) is 0 Å². The van der Waals surface area contributed by atoms with Crippen LogP contribution in [-0.4, -0.2) is 57.0 Å². The molecule has 2 rings (SSSR count). The van der Waals surface area contributed by atoms with E-state index in [1.54, 1.807) is 7.11 Å². The van der Waals surface area contributed by atoms with Crippen LogP contribution in [0.4, 0.5) is 0 Å². The number of nitrogens with zero attached hydrogens (tertiary/aromatic N) is 1. The summed E-state index contributed by atoms with van der Waals surface area (Å²) in [5.41, 5.74) is 6.39. The third-order valence-electron chi connectivity index (χ3n) is 3.41. The van der Waals surface area contributed by atoms with E-state index in [1.165, 1.54) is 12.8 Å². The first-order valence-corrected chi connectivity index (χ1v) is 5.82. The van der Waals surface area contributed by atoms with Crippen LogP contribution in [0.5, 0.6) is 0 Å². The lowest BCUT2D eigenvalue weighted by Gasteiger charge is -2.48. The van der Waals surface area contributed by atoms with Crippen LogP contribution in [0.2, 0.25) is 0 Å². The van der Waals surface area contributed by atoms with Gasteiger partial charge in [-0.1, -0.05) is 0 Å². The van der Waals surface area contributed by atoms with Crippen molar-refractivity contribution in [1.82, 2.24) is 4.90 Å². The lowest BCUT2D eigenvalue weighted by atomic mass is 9.86. The predicted molar refractivity (Wildman–Crippen MR) is 58.8 cm³/mol. The highest BCUT2D eigenvalue weighted by Crippen LogP contribution is 2.42. The molecule has 2 fully saturated rings. The van der Waals surface area contributed by atoms with Gasteiger partial charge >= 0.3 is 0 Å². The van der Waals surface area contributed by atoms with Gasteiger partial charge < -0.3 is 15.2 Å². The van der Waals surface area contributed by atoms with Crippen molar-refractivity contribution in [3.8, 4) is 0 Å². The Hall–Kier alpha value is -0.160. The van der Waals surface area contributed by atoms with Crippen LogP contribution in [-0.2, 0) is 9.47 Å². The molecular weight excluding hydrogens is 192 g/mol. The number of likely N-dealkylation sites (tertiary alicyclic amines) is 1. The van der Waals surface area contributed by atoms with Crippen LogP contribution in [0, 0.1) is 5.92 Å². The monoisotopic (exact) mass is 214 g/mol. The van der Waals surface area contributed by atoms with E-state index in [9.17, 15) is 0 Å². The molecule has 1 heterocycles. The van der Waals surface area contributed by atoms with Crippen molar-refractivity contribution in [1.29, 1.82) is 0 Å². The fourth-order valence-corrected chi connectivity index (χ4v) is 2.30. The SMILES string of the molecule is COCCOCCN1CC(N)(C2CC2)C1. The second-order valence-electron chi connectivity index (χ2n) is 4.82. The Labute approximate surface area is 91.7 Å². The van der Waals surface area contributed by atoms with E-state index >= 15 is 0 Å². The Morgan fingerprint density at radius 3 is 2.60 bits per heavy atom. The first-order chi connectivity index (χ1) is 7.24. The van der Waals surface area contributed by atoms with Gasteiger partial charge in [-0.3, -0.25) is 4.90 Å². The van der Waals surface area contributed by atoms with Crippen molar-refractivity contribution < 1.29 is 9.47 Å². The van der Waals surface area contributed by atoms with Crippen LogP contribution in [0.25, 0.3) is 0 Å². The van der Waals surface area contributed by atoms with Gasteiger partial charge in [0, 0.05) is 32.3 Å². The summed E-state index contributed by atoms with van der Waals surface area (Å²) < 4.78 is 10.3. The average Bonchev–Trinajstić information content (AvgIpc) is 2.97. The van der Waals surface area contributed by atoms with Crippen LogP contribution >= 0.6 is 0 Å². The molecule has 0 spiro atoms. The van der Waals surface area contributed by atoms with E-state index in [0.717, 1.165) is 32.2 Å². The fraction of sp³-hybridized carbons (Fsp3) is 1.00. The Morgan fingerprint density at radius 1 is 1.27 bits per heavy atom. The molecule has 1 aliphatic heterocycles. The summed E-state index contributed by atoms with van der Waals surface area (Å²) in [6.07, 6.45) is 2.68. The van der Waals surface area contributed by atoms with Gasteiger partial charge in [-0.05, 0) is 18.8 Å². The minimum Gasteiger partial charge on any atom is -0.382 e. The Bertz CT molecular complexity index is 201. The van der Waals surface area contributed by atoms with Crippen molar-refractivity contribution in [3.63, 3.8) is 0 Å². The van der Waals surface area contributed by atoms with Gasteiger partial charge in [-0.25, -0.2) is 0 Å². The second kappa shape index (κ2) is 4.78. The van der Waals surface area contributed by atoms with Gasteiger partial charge in [-0.15, -0.1) is 0 Å². The number of nitrogens with two attached hydrogens (primary N) is 1. The summed E-state index contributed by atoms with van der Waals surface area (Å²) in [5, 5.41) is 0. The van der Waals surface area contributed by atoms with E-state index in [2.05, 4.69) is 4.90 Å². The first-order valence-electron chi connectivity index (χ1n) is 5.82. The lowest BCUT2D eigenvalue weighted by Crippen LogP contribution is -2.68. The largest absolute Gasteiger partial charge is 0.382 e. The van der Waals surface area contributed by atoms with Crippen LogP contribution in [0.3, 0.4) is 0 Å². The van der Waals surface area contributed by atoms with Crippen molar-refractivity contribution >= 4 is 0 Å². The standard InChI is InChI=1S/C11H22N2O2/c1-14-6-7-15-5-4-13-8-11(12,9-13)10-2-3-10/h10H,2-9,12H2,1H3. The normalized spacial score (nSPS) is 25.2. The minimum absolute atomic E-state index is 0.145. The summed E-state index contributed by atoms with van der Waals surface area (Å²) >= 11 is 0. The van der Waals surface area contributed by atoms with E-state index in [0.29, 0.717) is 13.2 Å². The molecule has 0 radical (unpaired) electrons. The summed E-state index contributed by atoms with van der Waals surface area (Å²) in [4.78, 5) is 2.38. The Balaban J connectivity index is 1.48. The average molecular weight is 214 g/mol. The molecular formula is C11H22N2O2. The number of ether oxygens (including phenoxy) is 2. The van der Waals surface area contributed by atoms with Crippen LogP contribution < -0.4 is 5.73 Å². The van der Waals surface area contributed by atoms with E-state index in [-0.39, 0.29) is 5.54 Å². The summed E-state index contributed by atoms with van der Waals surface area (Å²) in [6.45, 7) is 5.31. The Morgan fingerprint density at radius 2 is 2.00 bits per heavy atom. The second-order valence-corrected chi connectivity index (χ2v) is 4.82. The molecule has 0 unspecified atom stereocenters. The highest BCUT2D eigenvalue weighted by molar-refractivity contribution is 5.08. The molecule has 0 aromatic rings. The highest BCUT2D eigenvalue weighted by atomic mass is 16.5. The zero-order valence-electron chi connectivity index (χ0n) is 9.58. The van der Waals surface area contributed by atoms with Crippen molar-refractivity contribution in [2.45, 2.75) is 18.4 Å². The van der Waals surface area contributed by atoms with Gasteiger partial charge in [0.1, 0.15) is 0 Å². The molecule has 0 atom stereocenters. The van der Waals surface area contributed by atoms with Gasteiger partial charge in [0.15, 0.2) is 0 Å². The zero-order valence-corrected chi connectivity index (χ0v) is 9.58. The van der Waals surface area contributed by atoms with Gasteiger partial charge in [-0.2, -0.15) is 0 Å². The molecule has 0 aromatic carbocycles. The predicted octanol–water partition coefficient (Wildman–Crippen LogP) is 0.0725. The maximum Gasteiger partial charge on any atom is 0.0700 e. The summed E-state index contributed by atoms with van der Waals surface area (Å²) in [6, 6.07) is 0. The Kier molecular flexibility index (Phi) is 3.61. The van der Waals surface area contributed by atoms with E-state index < -0.39 is 0 Å². The molecule has 2 N–H and O–H groups in total. The van der Waals surface area contributed by atoms with Crippen LogP contribution in [0.15, 0.2) is 0 Å². The number of rotatable bonds is 7. The third kappa shape index (κ3) is 2.91. The number of hydrogen-bond acceptors (Lipinski definition) is 4. The summed E-state index contributed by atoms with van der Waals surface area (Å²) in [5.74, 6) is 0.808. The molecule has 0 bridgehead atoms. The molecule has 4 heteroatoms. The number of hydrogen-bond donors (Lipinski definition) is 1. The highest BCUT2D eigenvalue weighted by Gasteiger charge is 2.49. The quantitative estimate of drug-likeness (QED) is 0.609. The smallest absolute Gasteiger partial charge is 0.0700 e. The third-order valence-corrected chi connectivity index (χ3v) is 3.41. The topological polar surface area (TPSA) is 47.7 Å². The minimum atomic E-state index is 0.145. The molecule has 0 aromatic heterocycles. The fourth-order valence-electron chi connectivity index (χ4n) is 2.30. The van der Waals surface area contributed by atoms with E-state index in [4.69, 9.17) is 15.2 Å². The van der Waals surface area contributed by atoms with Gasteiger partial charge in [0.25, 0.3) is 0 Å². The molecule has 15 heavy (non-hydrogen) atoms. The maximum atomic E-state index is 6.25. The van der Waals surface area contributed by atoms with Crippen molar-refractivity contribution in [3.05, 3.63) is 0 Å². The molecule has 1 saturated heterocycles.